The number of benzene rings is 1. The molecule has 2 unspecified atom stereocenters. The fourth-order valence-corrected chi connectivity index (χ4v) is 4.08. The molecule has 2 atom stereocenters. The van der Waals surface area contributed by atoms with Crippen molar-refractivity contribution < 1.29 is 4.74 Å². The van der Waals surface area contributed by atoms with Crippen molar-refractivity contribution in [3.63, 3.8) is 0 Å². The molecule has 0 bridgehead atoms. The molecule has 2 N–H and O–H groups in total. The molecule has 2 aliphatic rings. The predicted octanol–water partition coefficient (Wildman–Crippen LogP) is 3.68. The number of nitrogen functional groups attached to an aromatic ring is 1. The summed E-state index contributed by atoms with van der Waals surface area (Å²) >= 11 is 0. The van der Waals surface area contributed by atoms with Crippen molar-refractivity contribution in [1.29, 1.82) is 0 Å². The van der Waals surface area contributed by atoms with Crippen LogP contribution in [0.5, 0.6) is 5.75 Å². The standard InChI is InChI=1S/C18H28N2O/c1-2-21-18-8-7-17(19)11-16(18)13-20-10-9-14-5-3-4-6-15(14)12-20/h7-8,11,14-15H,2-6,9-10,12-13,19H2,1H3. The van der Waals surface area contributed by atoms with E-state index in [-0.39, 0.29) is 0 Å². The van der Waals surface area contributed by atoms with Crippen LogP contribution in [0.25, 0.3) is 0 Å². The van der Waals surface area contributed by atoms with E-state index in [0.717, 1.165) is 29.8 Å². The summed E-state index contributed by atoms with van der Waals surface area (Å²) < 4.78 is 5.76. The minimum atomic E-state index is 0.710. The highest BCUT2D eigenvalue weighted by atomic mass is 16.5. The van der Waals surface area contributed by atoms with Crippen LogP contribution in [0.15, 0.2) is 18.2 Å². The molecule has 116 valence electrons. The Morgan fingerprint density at radius 2 is 2.00 bits per heavy atom. The Morgan fingerprint density at radius 1 is 1.19 bits per heavy atom. The fourth-order valence-electron chi connectivity index (χ4n) is 4.08. The lowest BCUT2D eigenvalue weighted by atomic mass is 9.75. The molecule has 1 aliphatic carbocycles. The number of anilines is 1. The highest BCUT2D eigenvalue weighted by Gasteiger charge is 2.31. The number of piperidine rings is 1. The topological polar surface area (TPSA) is 38.5 Å². The Balaban J connectivity index is 1.67. The Bertz CT molecular complexity index is 474. The quantitative estimate of drug-likeness (QED) is 0.859. The van der Waals surface area contributed by atoms with E-state index in [0.29, 0.717) is 6.61 Å². The normalized spacial score (nSPS) is 26.3. The van der Waals surface area contributed by atoms with Gasteiger partial charge >= 0.3 is 0 Å². The molecule has 1 saturated carbocycles. The van der Waals surface area contributed by atoms with E-state index in [4.69, 9.17) is 10.5 Å². The Hall–Kier alpha value is -1.22. The van der Waals surface area contributed by atoms with E-state index in [1.165, 1.54) is 50.8 Å². The van der Waals surface area contributed by atoms with Crippen molar-refractivity contribution in [2.24, 2.45) is 11.8 Å². The second-order valence-corrected chi connectivity index (χ2v) is 6.63. The molecular formula is C18H28N2O. The molecule has 1 aromatic carbocycles. The minimum absolute atomic E-state index is 0.710. The van der Waals surface area contributed by atoms with Crippen LogP contribution in [0, 0.1) is 11.8 Å². The summed E-state index contributed by atoms with van der Waals surface area (Å²) in [5.74, 6) is 2.91. The summed E-state index contributed by atoms with van der Waals surface area (Å²) in [7, 11) is 0. The zero-order valence-electron chi connectivity index (χ0n) is 13.2. The average Bonchev–Trinajstić information content (AvgIpc) is 2.50. The van der Waals surface area contributed by atoms with Crippen LogP contribution < -0.4 is 10.5 Å². The van der Waals surface area contributed by atoms with Crippen LogP contribution in [-0.2, 0) is 6.54 Å². The first-order valence-corrected chi connectivity index (χ1v) is 8.50. The van der Waals surface area contributed by atoms with E-state index >= 15 is 0 Å². The lowest BCUT2D eigenvalue weighted by Gasteiger charge is -2.41. The van der Waals surface area contributed by atoms with Gasteiger partial charge in [0, 0.05) is 24.3 Å². The minimum Gasteiger partial charge on any atom is -0.494 e. The Kier molecular flexibility index (Phi) is 4.69. The van der Waals surface area contributed by atoms with Crippen LogP contribution in [-0.4, -0.2) is 24.6 Å². The van der Waals surface area contributed by atoms with Gasteiger partial charge in [-0.25, -0.2) is 0 Å². The Morgan fingerprint density at radius 3 is 2.81 bits per heavy atom. The second kappa shape index (κ2) is 6.69. The van der Waals surface area contributed by atoms with Crippen molar-refractivity contribution in [2.75, 3.05) is 25.4 Å². The number of hydrogen-bond acceptors (Lipinski definition) is 3. The molecule has 1 aliphatic heterocycles. The maximum absolute atomic E-state index is 5.96. The van der Waals surface area contributed by atoms with Crippen LogP contribution in [0.4, 0.5) is 5.69 Å². The van der Waals surface area contributed by atoms with Crippen molar-refractivity contribution in [2.45, 2.75) is 45.6 Å². The van der Waals surface area contributed by atoms with Gasteiger partial charge in [0.1, 0.15) is 5.75 Å². The van der Waals surface area contributed by atoms with Crippen molar-refractivity contribution in [1.82, 2.24) is 4.90 Å². The maximum Gasteiger partial charge on any atom is 0.123 e. The van der Waals surface area contributed by atoms with Gasteiger partial charge in [0.2, 0.25) is 0 Å². The van der Waals surface area contributed by atoms with Gasteiger partial charge in [-0.05, 0) is 56.3 Å². The van der Waals surface area contributed by atoms with Crippen molar-refractivity contribution >= 4 is 5.69 Å². The van der Waals surface area contributed by atoms with Gasteiger partial charge in [-0.15, -0.1) is 0 Å². The molecule has 0 amide bonds. The number of nitrogens with zero attached hydrogens (tertiary/aromatic N) is 1. The first-order chi connectivity index (χ1) is 10.3. The summed E-state index contributed by atoms with van der Waals surface area (Å²) in [4.78, 5) is 2.60. The lowest BCUT2D eigenvalue weighted by Crippen LogP contribution is -2.41. The first-order valence-electron chi connectivity index (χ1n) is 8.50. The second-order valence-electron chi connectivity index (χ2n) is 6.63. The maximum atomic E-state index is 5.96. The van der Waals surface area contributed by atoms with Gasteiger partial charge in [0.05, 0.1) is 6.61 Å². The van der Waals surface area contributed by atoms with Gasteiger partial charge in [-0.1, -0.05) is 19.3 Å². The number of rotatable bonds is 4. The summed E-state index contributed by atoms with van der Waals surface area (Å²) in [5, 5.41) is 0. The zero-order chi connectivity index (χ0) is 14.7. The molecule has 0 radical (unpaired) electrons. The molecular weight excluding hydrogens is 260 g/mol. The van der Waals surface area contributed by atoms with Crippen LogP contribution in [0.3, 0.4) is 0 Å². The highest BCUT2D eigenvalue weighted by Crippen LogP contribution is 2.37. The van der Waals surface area contributed by atoms with Crippen molar-refractivity contribution in [3.05, 3.63) is 23.8 Å². The monoisotopic (exact) mass is 288 g/mol. The third-order valence-electron chi connectivity index (χ3n) is 5.15. The van der Waals surface area contributed by atoms with E-state index in [1.807, 2.05) is 19.1 Å². The third kappa shape index (κ3) is 3.52. The molecule has 1 saturated heterocycles. The molecule has 3 heteroatoms. The SMILES string of the molecule is CCOc1ccc(N)cc1CN1CCC2CCCCC2C1. The summed E-state index contributed by atoms with van der Waals surface area (Å²) in [6, 6.07) is 6.03. The summed E-state index contributed by atoms with van der Waals surface area (Å²) in [5.41, 5.74) is 8.04. The van der Waals surface area contributed by atoms with Gasteiger partial charge in [-0.2, -0.15) is 0 Å². The number of likely N-dealkylation sites (tertiary alicyclic amines) is 1. The summed E-state index contributed by atoms with van der Waals surface area (Å²) in [6.07, 6.45) is 7.14. The van der Waals surface area contributed by atoms with Gasteiger partial charge in [0.25, 0.3) is 0 Å². The fraction of sp³-hybridized carbons (Fsp3) is 0.667. The van der Waals surface area contributed by atoms with Crippen LogP contribution in [0.1, 0.15) is 44.6 Å². The molecule has 0 spiro atoms. The molecule has 1 heterocycles. The van der Waals surface area contributed by atoms with Crippen molar-refractivity contribution in [3.8, 4) is 5.75 Å². The van der Waals surface area contributed by atoms with Crippen LogP contribution in [0.2, 0.25) is 0 Å². The highest BCUT2D eigenvalue weighted by molar-refractivity contribution is 5.47. The van der Waals surface area contributed by atoms with Gasteiger partial charge in [0.15, 0.2) is 0 Å². The third-order valence-corrected chi connectivity index (χ3v) is 5.15. The molecule has 3 nitrogen and oxygen atoms in total. The number of ether oxygens (including phenoxy) is 1. The van der Waals surface area contributed by atoms with E-state index in [9.17, 15) is 0 Å². The molecule has 2 fully saturated rings. The Labute approximate surface area is 128 Å². The molecule has 21 heavy (non-hydrogen) atoms. The average molecular weight is 288 g/mol. The zero-order valence-corrected chi connectivity index (χ0v) is 13.2. The molecule has 1 aromatic rings. The smallest absolute Gasteiger partial charge is 0.123 e. The molecule has 3 rings (SSSR count). The van der Waals surface area contributed by atoms with Gasteiger partial charge < -0.3 is 10.5 Å². The van der Waals surface area contributed by atoms with Crippen LogP contribution >= 0.6 is 0 Å². The first kappa shape index (κ1) is 14.7. The van der Waals surface area contributed by atoms with E-state index < -0.39 is 0 Å². The number of nitrogens with two attached hydrogens (primary N) is 1. The van der Waals surface area contributed by atoms with Gasteiger partial charge in [-0.3, -0.25) is 4.90 Å². The number of fused-ring (bicyclic) bond motifs is 1. The van der Waals surface area contributed by atoms with E-state index in [1.54, 1.807) is 0 Å². The lowest BCUT2D eigenvalue weighted by molar-refractivity contribution is 0.0814. The molecule has 0 aromatic heterocycles. The predicted molar refractivity (Wildman–Crippen MR) is 87.4 cm³/mol. The van der Waals surface area contributed by atoms with E-state index in [2.05, 4.69) is 11.0 Å². The number of hydrogen-bond donors (Lipinski definition) is 1. The largest absolute Gasteiger partial charge is 0.494 e. The summed E-state index contributed by atoms with van der Waals surface area (Å²) in [6.45, 7) is 6.20.